The van der Waals surface area contributed by atoms with Gasteiger partial charge in [0.1, 0.15) is 12.4 Å². The first-order valence-electron chi connectivity index (χ1n) is 6.78. The van der Waals surface area contributed by atoms with Gasteiger partial charge >= 0.3 is 6.18 Å². The highest BCUT2D eigenvalue weighted by atomic mass is 19.4. The summed E-state index contributed by atoms with van der Waals surface area (Å²) in [5.74, 6) is -2.36. The topological polar surface area (TPSA) is 60.9 Å². The highest BCUT2D eigenvalue weighted by Gasteiger charge is 2.33. The average Bonchev–Trinajstić information content (AvgIpc) is 2.52. The lowest BCUT2D eigenvalue weighted by Crippen LogP contribution is -2.51. The normalized spacial score (nSPS) is 15.7. The maximum absolute atomic E-state index is 13.3. The smallest absolute Gasteiger partial charge is 0.387 e. The van der Waals surface area contributed by atoms with Gasteiger partial charge in [-0.15, -0.1) is 0 Å². The zero-order valence-electron chi connectivity index (χ0n) is 11.9. The fraction of sp³-hybridized carbons (Fsp3) is 0.429. The number of aliphatic hydroxyl groups is 1. The number of rotatable bonds is 2. The molecule has 126 valence electrons. The monoisotopic (exact) mass is 334 g/mol. The van der Waals surface area contributed by atoms with Crippen LogP contribution in [0.15, 0.2) is 18.2 Å². The van der Waals surface area contributed by atoms with Crippen LogP contribution in [-0.2, 0) is 11.0 Å². The SMILES string of the molecule is O=C(CO)N1CCN(C(=O)c2cc(F)cc(C(F)(F)F)c2)CC1. The van der Waals surface area contributed by atoms with E-state index >= 15 is 0 Å². The van der Waals surface area contributed by atoms with Crippen molar-refractivity contribution in [1.82, 2.24) is 9.80 Å². The quantitative estimate of drug-likeness (QED) is 0.825. The van der Waals surface area contributed by atoms with E-state index in [0.29, 0.717) is 12.1 Å². The second-order valence-electron chi connectivity index (χ2n) is 5.06. The van der Waals surface area contributed by atoms with Crippen LogP contribution in [-0.4, -0.2) is 59.5 Å². The number of piperazine rings is 1. The van der Waals surface area contributed by atoms with Crippen LogP contribution in [0.3, 0.4) is 0 Å². The standard InChI is InChI=1S/C14H14F4N2O3/c15-11-6-9(5-10(7-11)14(16,17)18)13(23)20-3-1-19(2-4-20)12(22)8-21/h5-7,21H,1-4,8H2. The molecule has 2 rings (SSSR count). The van der Waals surface area contributed by atoms with Crippen LogP contribution in [0.1, 0.15) is 15.9 Å². The van der Waals surface area contributed by atoms with E-state index in [-0.39, 0.29) is 31.7 Å². The number of hydrogen-bond donors (Lipinski definition) is 1. The molecule has 1 saturated heterocycles. The van der Waals surface area contributed by atoms with Crippen LogP contribution >= 0.6 is 0 Å². The fourth-order valence-corrected chi connectivity index (χ4v) is 2.32. The average molecular weight is 334 g/mol. The zero-order valence-corrected chi connectivity index (χ0v) is 11.9. The van der Waals surface area contributed by atoms with E-state index in [9.17, 15) is 27.2 Å². The Balaban J connectivity index is 2.13. The van der Waals surface area contributed by atoms with Gasteiger partial charge in [-0.25, -0.2) is 4.39 Å². The van der Waals surface area contributed by atoms with Crippen molar-refractivity contribution in [3.05, 3.63) is 35.1 Å². The number of carbonyl (C=O) groups excluding carboxylic acids is 2. The molecule has 1 aromatic rings. The lowest BCUT2D eigenvalue weighted by Gasteiger charge is -2.34. The van der Waals surface area contributed by atoms with E-state index in [1.165, 1.54) is 9.80 Å². The molecule has 1 aromatic carbocycles. The molecule has 0 aromatic heterocycles. The molecule has 0 unspecified atom stereocenters. The van der Waals surface area contributed by atoms with Gasteiger partial charge in [-0.1, -0.05) is 0 Å². The second kappa shape index (κ2) is 6.53. The number of carbonyl (C=O) groups is 2. The van der Waals surface area contributed by atoms with Gasteiger partial charge in [0.15, 0.2) is 0 Å². The summed E-state index contributed by atoms with van der Waals surface area (Å²) >= 11 is 0. The number of nitrogens with zero attached hydrogens (tertiary/aromatic N) is 2. The predicted molar refractivity (Wildman–Crippen MR) is 71.0 cm³/mol. The largest absolute Gasteiger partial charge is 0.416 e. The molecule has 9 heteroatoms. The third-order valence-corrected chi connectivity index (χ3v) is 3.53. The Hall–Kier alpha value is -2.16. The first-order valence-corrected chi connectivity index (χ1v) is 6.78. The fourth-order valence-electron chi connectivity index (χ4n) is 2.32. The molecule has 1 aliphatic rings. The Bertz CT molecular complexity index is 611. The van der Waals surface area contributed by atoms with Gasteiger partial charge in [-0.2, -0.15) is 13.2 Å². The highest BCUT2D eigenvalue weighted by Crippen LogP contribution is 2.30. The number of amides is 2. The van der Waals surface area contributed by atoms with E-state index in [4.69, 9.17) is 5.11 Å². The minimum atomic E-state index is -4.75. The van der Waals surface area contributed by atoms with Gasteiger partial charge in [0.05, 0.1) is 5.56 Å². The molecule has 0 spiro atoms. The van der Waals surface area contributed by atoms with Crippen molar-refractivity contribution in [2.45, 2.75) is 6.18 Å². The molecular weight excluding hydrogens is 320 g/mol. The summed E-state index contributed by atoms with van der Waals surface area (Å²) in [7, 11) is 0. The minimum Gasteiger partial charge on any atom is -0.387 e. The van der Waals surface area contributed by atoms with E-state index in [0.717, 1.165) is 6.07 Å². The van der Waals surface area contributed by atoms with Crippen LogP contribution in [0.4, 0.5) is 17.6 Å². The van der Waals surface area contributed by atoms with Gasteiger partial charge in [-0.3, -0.25) is 9.59 Å². The number of alkyl halides is 3. The lowest BCUT2D eigenvalue weighted by molar-refractivity contribution is -0.138. The third-order valence-electron chi connectivity index (χ3n) is 3.53. The van der Waals surface area contributed by atoms with Crippen molar-refractivity contribution in [1.29, 1.82) is 0 Å². The molecule has 0 aliphatic carbocycles. The lowest BCUT2D eigenvalue weighted by atomic mass is 10.1. The summed E-state index contributed by atoms with van der Waals surface area (Å²) in [6, 6.07) is 1.69. The van der Waals surface area contributed by atoms with Crippen molar-refractivity contribution in [3.8, 4) is 0 Å². The van der Waals surface area contributed by atoms with Gasteiger partial charge in [0.2, 0.25) is 5.91 Å². The van der Waals surface area contributed by atoms with Crippen molar-refractivity contribution in [2.24, 2.45) is 0 Å². The Morgan fingerprint density at radius 1 is 1.04 bits per heavy atom. The molecule has 2 amide bonds. The van der Waals surface area contributed by atoms with E-state index in [1.807, 2.05) is 0 Å². The van der Waals surface area contributed by atoms with Crippen LogP contribution in [0.25, 0.3) is 0 Å². The molecule has 0 atom stereocenters. The maximum atomic E-state index is 13.3. The summed E-state index contributed by atoms with van der Waals surface area (Å²) < 4.78 is 51.4. The number of aliphatic hydroxyl groups excluding tert-OH is 1. The molecule has 1 aliphatic heterocycles. The van der Waals surface area contributed by atoms with Gasteiger partial charge < -0.3 is 14.9 Å². The molecule has 0 bridgehead atoms. The van der Waals surface area contributed by atoms with Crippen molar-refractivity contribution in [3.63, 3.8) is 0 Å². The van der Waals surface area contributed by atoms with Crippen molar-refractivity contribution >= 4 is 11.8 Å². The van der Waals surface area contributed by atoms with E-state index < -0.39 is 36.0 Å². The molecule has 1 fully saturated rings. The first-order chi connectivity index (χ1) is 10.7. The Morgan fingerprint density at radius 3 is 2.13 bits per heavy atom. The van der Waals surface area contributed by atoms with Gasteiger partial charge in [0.25, 0.3) is 5.91 Å². The van der Waals surface area contributed by atoms with Crippen LogP contribution in [0.5, 0.6) is 0 Å². The molecular formula is C14H14F4N2O3. The van der Waals surface area contributed by atoms with Crippen molar-refractivity contribution < 1.29 is 32.3 Å². The van der Waals surface area contributed by atoms with Crippen LogP contribution in [0.2, 0.25) is 0 Å². The summed E-state index contributed by atoms with van der Waals surface area (Å²) in [6.07, 6.45) is -4.75. The van der Waals surface area contributed by atoms with Gasteiger partial charge in [-0.05, 0) is 18.2 Å². The Morgan fingerprint density at radius 2 is 1.61 bits per heavy atom. The predicted octanol–water partition coefficient (Wildman–Crippen LogP) is 1.12. The molecule has 23 heavy (non-hydrogen) atoms. The van der Waals surface area contributed by atoms with Crippen molar-refractivity contribution in [2.75, 3.05) is 32.8 Å². The summed E-state index contributed by atoms with van der Waals surface area (Å²) in [4.78, 5) is 26.1. The first kappa shape index (κ1) is 17.2. The number of hydrogen-bond acceptors (Lipinski definition) is 3. The van der Waals surface area contributed by atoms with Gasteiger partial charge in [0, 0.05) is 31.7 Å². The molecule has 1 N–H and O–H groups in total. The highest BCUT2D eigenvalue weighted by molar-refractivity contribution is 5.94. The van der Waals surface area contributed by atoms with Crippen LogP contribution in [0, 0.1) is 5.82 Å². The summed E-state index contributed by atoms with van der Waals surface area (Å²) in [5.41, 5.74) is -1.62. The van der Waals surface area contributed by atoms with Crippen LogP contribution < -0.4 is 0 Å². The minimum absolute atomic E-state index is 0.0996. The maximum Gasteiger partial charge on any atom is 0.416 e. The molecule has 5 nitrogen and oxygen atoms in total. The zero-order chi connectivity index (χ0) is 17.2. The van der Waals surface area contributed by atoms with E-state index in [2.05, 4.69) is 0 Å². The molecule has 1 heterocycles. The summed E-state index contributed by atoms with van der Waals surface area (Å²) in [5, 5.41) is 8.76. The van der Waals surface area contributed by atoms with E-state index in [1.54, 1.807) is 0 Å². The second-order valence-corrected chi connectivity index (χ2v) is 5.06. The Labute approximate surface area is 129 Å². The number of benzene rings is 1. The summed E-state index contributed by atoms with van der Waals surface area (Å²) in [6.45, 7) is -0.128. The molecule has 0 saturated carbocycles. The number of halogens is 4. The Kier molecular flexibility index (Phi) is 4.88. The third kappa shape index (κ3) is 3.98. The molecule has 0 radical (unpaired) electrons.